The number of aryl methyl sites for hydroxylation is 1. The molecule has 30 heavy (non-hydrogen) atoms. The molecule has 0 bridgehead atoms. The summed E-state index contributed by atoms with van der Waals surface area (Å²) in [4.78, 5) is 11.3. The molecule has 146 valence electrons. The highest BCUT2D eigenvalue weighted by Crippen LogP contribution is 2.42. The number of benzene rings is 1. The second-order valence-corrected chi connectivity index (χ2v) is 8.42. The Kier molecular flexibility index (Phi) is 4.74. The van der Waals surface area contributed by atoms with Gasteiger partial charge in [0.1, 0.15) is 12.2 Å². The van der Waals surface area contributed by atoms with Crippen LogP contribution in [-0.2, 0) is 6.54 Å². The van der Waals surface area contributed by atoms with Crippen LogP contribution in [0.5, 0.6) is 0 Å². The van der Waals surface area contributed by atoms with Crippen molar-refractivity contribution in [1.82, 2.24) is 10.1 Å². The van der Waals surface area contributed by atoms with E-state index >= 15 is 0 Å². The maximum atomic E-state index is 6.11. The average molecular weight is 430 g/mol. The van der Waals surface area contributed by atoms with Gasteiger partial charge in [0.2, 0.25) is 0 Å². The molecule has 0 fully saturated rings. The zero-order chi connectivity index (χ0) is 20.7. The van der Waals surface area contributed by atoms with E-state index in [4.69, 9.17) is 21.1 Å². The van der Waals surface area contributed by atoms with Gasteiger partial charge < -0.3 is 4.52 Å². The van der Waals surface area contributed by atoms with Gasteiger partial charge >= 0.3 is 0 Å². The van der Waals surface area contributed by atoms with E-state index in [2.05, 4.69) is 28.9 Å². The van der Waals surface area contributed by atoms with Crippen molar-refractivity contribution in [2.45, 2.75) is 20.4 Å². The molecule has 0 amide bonds. The van der Waals surface area contributed by atoms with Gasteiger partial charge in [0.15, 0.2) is 5.76 Å². The Morgan fingerprint density at radius 3 is 2.63 bits per heavy atom. The minimum absolute atomic E-state index is 0.448. The fraction of sp³-hybridized carbons (Fsp3) is 0.125. The number of rotatable bonds is 1. The molecule has 0 spiro atoms. The Hall–Kier alpha value is -3.20. The number of aromatic nitrogens is 2. The van der Waals surface area contributed by atoms with Crippen LogP contribution in [0.15, 0.2) is 58.2 Å². The van der Waals surface area contributed by atoms with Crippen LogP contribution in [0.4, 0.5) is 0 Å². The van der Waals surface area contributed by atoms with Gasteiger partial charge in [-0.3, -0.25) is 4.99 Å². The highest BCUT2D eigenvalue weighted by atomic mass is 35.5. The van der Waals surface area contributed by atoms with E-state index in [1.807, 2.05) is 49.4 Å². The van der Waals surface area contributed by atoms with Crippen LogP contribution < -0.4 is 0 Å². The van der Waals surface area contributed by atoms with Gasteiger partial charge in [-0.05, 0) is 55.5 Å². The molecule has 3 aromatic heterocycles. The molecule has 5 rings (SSSR count). The first-order valence-electron chi connectivity index (χ1n) is 9.44. The van der Waals surface area contributed by atoms with Gasteiger partial charge in [-0.15, -0.1) is 11.3 Å². The zero-order valence-corrected chi connectivity index (χ0v) is 17.9. The Bertz CT molecular complexity index is 1340. The Morgan fingerprint density at radius 2 is 1.87 bits per heavy atom. The lowest BCUT2D eigenvalue weighted by molar-refractivity contribution is 0.382. The van der Waals surface area contributed by atoms with E-state index < -0.39 is 0 Å². The minimum atomic E-state index is 0.448. The highest BCUT2D eigenvalue weighted by Gasteiger charge is 2.28. The number of hydrogen-bond acceptors (Lipinski definition) is 5. The highest BCUT2D eigenvalue weighted by molar-refractivity contribution is 7.16. The van der Waals surface area contributed by atoms with Gasteiger partial charge in [0, 0.05) is 22.3 Å². The number of nitrogens with zero attached hydrogens (tertiary/aromatic N) is 3. The first-order chi connectivity index (χ1) is 14.6. The van der Waals surface area contributed by atoms with Crippen molar-refractivity contribution in [3.05, 3.63) is 92.4 Å². The van der Waals surface area contributed by atoms with Crippen molar-refractivity contribution in [3.63, 3.8) is 0 Å². The second kappa shape index (κ2) is 7.56. The number of fused-ring (bicyclic) bond motifs is 3. The number of thiophene rings is 1. The van der Waals surface area contributed by atoms with E-state index in [-0.39, 0.29) is 0 Å². The molecule has 0 unspecified atom stereocenters. The van der Waals surface area contributed by atoms with E-state index in [1.54, 1.807) is 17.5 Å². The van der Waals surface area contributed by atoms with Crippen molar-refractivity contribution in [2.24, 2.45) is 4.99 Å². The summed E-state index contributed by atoms with van der Waals surface area (Å²) < 4.78 is 5.59. The molecular formula is C24H16ClN3OS. The van der Waals surface area contributed by atoms with Gasteiger partial charge in [-0.25, -0.2) is 4.98 Å². The van der Waals surface area contributed by atoms with Crippen molar-refractivity contribution in [1.29, 1.82) is 0 Å². The molecule has 0 atom stereocenters. The first kappa shape index (κ1) is 18.8. The number of halogens is 1. The zero-order valence-electron chi connectivity index (χ0n) is 16.4. The quantitative estimate of drug-likeness (QED) is 0.358. The fourth-order valence-electron chi connectivity index (χ4n) is 3.54. The van der Waals surface area contributed by atoms with Crippen LogP contribution in [0.2, 0.25) is 5.02 Å². The summed E-state index contributed by atoms with van der Waals surface area (Å²) in [6, 6.07) is 13.5. The van der Waals surface area contributed by atoms with Gasteiger partial charge in [-0.1, -0.05) is 35.0 Å². The van der Waals surface area contributed by atoms with Crippen molar-refractivity contribution >= 4 is 28.6 Å². The van der Waals surface area contributed by atoms with Crippen LogP contribution in [0.3, 0.4) is 0 Å². The summed E-state index contributed by atoms with van der Waals surface area (Å²) in [6.45, 7) is 4.51. The van der Waals surface area contributed by atoms with Crippen LogP contribution >= 0.6 is 22.9 Å². The molecule has 1 aliphatic rings. The maximum Gasteiger partial charge on any atom is 0.167 e. The van der Waals surface area contributed by atoms with E-state index in [0.29, 0.717) is 11.6 Å². The molecular weight excluding hydrogens is 414 g/mol. The molecule has 0 radical (unpaired) electrons. The van der Waals surface area contributed by atoms with Gasteiger partial charge in [-0.2, -0.15) is 0 Å². The lowest BCUT2D eigenvalue weighted by Crippen LogP contribution is -2.05. The number of hydrogen-bond donors (Lipinski definition) is 0. The van der Waals surface area contributed by atoms with Crippen molar-refractivity contribution in [2.75, 3.05) is 0 Å². The third kappa shape index (κ3) is 3.24. The molecule has 4 heterocycles. The minimum Gasteiger partial charge on any atom is -0.358 e. The van der Waals surface area contributed by atoms with E-state index in [9.17, 15) is 0 Å². The Labute approximate surface area is 183 Å². The largest absolute Gasteiger partial charge is 0.358 e. The van der Waals surface area contributed by atoms with E-state index in [1.165, 1.54) is 0 Å². The summed E-state index contributed by atoms with van der Waals surface area (Å²) in [6.07, 6.45) is 1.75. The predicted molar refractivity (Wildman–Crippen MR) is 120 cm³/mol. The molecule has 0 N–H and O–H groups in total. The third-order valence-electron chi connectivity index (χ3n) is 5.01. The van der Waals surface area contributed by atoms with Crippen molar-refractivity contribution < 1.29 is 4.52 Å². The monoisotopic (exact) mass is 429 g/mol. The summed E-state index contributed by atoms with van der Waals surface area (Å²) in [5.41, 5.74) is 6.75. The van der Waals surface area contributed by atoms with Crippen LogP contribution in [0.25, 0.3) is 10.4 Å². The molecule has 1 aromatic carbocycles. The van der Waals surface area contributed by atoms with Gasteiger partial charge in [0.05, 0.1) is 26.7 Å². The van der Waals surface area contributed by atoms with E-state index in [0.717, 1.165) is 54.9 Å². The summed E-state index contributed by atoms with van der Waals surface area (Å²) in [5, 5.41) is 4.88. The lowest BCUT2D eigenvalue weighted by atomic mass is 9.96. The number of pyridine rings is 1. The van der Waals surface area contributed by atoms with Crippen molar-refractivity contribution in [3.8, 4) is 22.3 Å². The first-order valence-corrected chi connectivity index (χ1v) is 10.6. The normalized spacial score (nSPS) is 12.3. The van der Waals surface area contributed by atoms with Crippen LogP contribution in [0, 0.1) is 25.7 Å². The molecule has 1 aliphatic heterocycles. The molecule has 0 saturated carbocycles. The molecule has 0 aliphatic carbocycles. The smallest absolute Gasteiger partial charge is 0.167 e. The fourth-order valence-corrected chi connectivity index (χ4v) is 4.94. The third-order valence-corrected chi connectivity index (χ3v) is 6.49. The molecule has 6 heteroatoms. The van der Waals surface area contributed by atoms with Crippen LogP contribution in [0.1, 0.15) is 38.7 Å². The molecule has 4 nitrogen and oxygen atoms in total. The van der Waals surface area contributed by atoms with Gasteiger partial charge in [0.25, 0.3) is 0 Å². The predicted octanol–water partition coefficient (Wildman–Crippen LogP) is 5.82. The summed E-state index contributed by atoms with van der Waals surface area (Å²) >= 11 is 7.76. The molecule has 0 saturated heterocycles. The Balaban J connectivity index is 1.71. The lowest BCUT2D eigenvalue weighted by Gasteiger charge is -2.08. The summed E-state index contributed by atoms with van der Waals surface area (Å²) in [7, 11) is 0. The average Bonchev–Trinajstić information content (AvgIpc) is 3.22. The SMILES string of the molecule is Cc1noc2c1-c1sc(C#Cc3ccccn3)c(C)c1C(c1ccc(Cl)cc1)=NC2. The number of aliphatic imine (C=N–C) groups is 1. The maximum absolute atomic E-state index is 6.11. The van der Waals surface area contributed by atoms with Crippen LogP contribution in [-0.4, -0.2) is 15.9 Å². The second-order valence-electron chi connectivity index (χ2n) is 6.96. The standard InChI is InChI=1S/C24H16ClN3OS/c1-14-20(11-10-18-5-3-4-12-26-18)30-24-21(14)23(16-6-8-17(25)9-7-16)27-13-19-22(24)15(2)28-29-19/h3-9,12H,13H2,1-2H3. The molecule has 4 aromatic rings. The topological polar surface area (TPSA) is 51.3 Å². The Morgan fingerprint density at radius 1 is 1.03 bits per heavy atom. The summed E-state index contributed by atoms with van der Waals surface area (Å²) in [5.74, 6) is 7.26.